The highest BCUT2D eigenvalue weighted by Crippen LogP contribution is 2.43. The van der Waals surface area contributed by atoms with E-state index in [0.29, 0.717) is 12.1 Å². The van der Waals surface area contributed by atoms with E-state index in [1.165, 1.54) is 22.6 Å². The molecule has 3 atom stereocenters. The lowest BCUT2D eigenvalue weighted by Crippen LogP contribution is -2.32. The van der Waals surface area contributed by atoms with Gasteiger partial charge in [0.1, 0.15) is 0 Å². The molecule has 3 heteroatoms. The molecule has 1 aliphatic rings. The molecule has 0 amide bonds. The van der Waals surface area contributed by atoms with E-state index in [-0.39, 0.29) is 0 Å². The average molecular weight is 241 g/mol. The van der Waals surface area contributed by atoms with Crippen LogP contribution in [0.4, 0.5) is 0 Å². The quantitative estimate of drug-likeness (QED) is 0.856. The summed E-state index contributed by atoms with van der Waals surface area (Å²) in [6, 6.07) is 3.49. The van der Waals surface area contributed by atoms with Crippen molar-refractivity contribution in [3.05, 3.63) is 17.0 Å². The zero-order chi connectivity index (χ0) is 10.8. The maximum atomic E-state index is 3.73. The standard InChI is InChI=1S/C12H19NS2/c1-4-8(2)13-11-7-9(3)15-12-10(11)5-6-14-12/h5-6,8-9,11,13H,4,7H2,1-3H3/t8?,9-,11?/m0/s1. The van der Waals surface area contributed by atoms with Crippen molar-refractivity contribution >= 4 is 23.1 Å². The molecule has 2 rings (SSSR count). The SMILES string of the molecule is CCC(C)NC1C[C@H](C)Sc2sccc21. The van der Waals surface area contributed by atoms with Gasteiger partial charge < -0.3 is 5.32 Å². The topological polar surface area (TPSA) is 12.0 Å². The molecule has 84 valence electrons. The molecular weight excluding hydrogens is 222 g/mol. The Bertz CT molecular complexity index is 321. The summed E-state index contributed by atoms with van der Waals surface area (Å²) in [7, 11) is 0. The minimum Gasteiger partial charge on any atom is -0.307 e. The van der Waals surface area contributed by atoms with E-state index in [1.54, 1.807) is 0 Å². The van der Waals surface area contributed by atoms with Gasteiger partial charge in [-0.3, -0.25) is 0 Å². The molecular formula is C12H19NS2. The highest BCUT2D eigenvalue weighted by Gasteiger charge is 2.26. The third-order valence-corrected chi connectivity index (χ3v) is 5.35. The number of thiophene rings is 1. The first-order valence-electron chi connectivity index (χ1n) is 5.70. The van der Waals surface area contributed by atoms with Crippen LogP contribution in [-0.4, -0.2) is 11.3 Å². The largest absolute Gasteiger partial charge is 0.307 e. The average Bonchev–Trinajstić information content (AvgIpc) is 2.65. The van der Waals surface area contributed by atoms with E-state index in [1.807, 2.05) is 23.1 Å². The van der Waals surface area contributed by atoms with Gasteiger partial charge in [-0.25, -0.2) is 0 Å². The Hall–Kier alpha value is 0.0100. The molecule has 2 heterocycles. The number of hydrogen-bond acceptors (Lipinski definition) is 3. The second-order valence-corrected chi connectivity index (χ2v) is 6.98. The van der Waals surface area contributed by atoms with Crippen molar-refractivity contribution in [3.8, 4) is 0 Å². The summed E-state index contributed by atoms with van der Waals surface area (Å²) in [5.41, 5.74) is 1.53. The van der Waals surface area contributed by atoms with E-state index in [9.17, 15) is 0 Å². The smallest absolute Gasteiger partial charge is 0.0649 e. The van der Waals surface area contributed by atoms with Crippen molar-refractivity contribution < 1.29 is 0 Å². The Kier molecular flexibility index (Phi) is 3.75. The first kappa shape index (κ1) is 11.5. The van der Waals surface area contributed by atoms with Crippen LogP contribution in [-0.2, 0) is 0 Å². The Morgan fingerprint density at radius 3 is 3.13 bits per heavy atom. The van der Waals surface area contributed by atoms with Crippen LogP contribution in [0.3, 0.4) is 0 Å². The second-order valence-electron chi connectivity index (χ2n) is 4.36. The van der Waals surface area contributed by atoms with E-state index < -0.39 is 0 Å². The van der Waals surface area contributed by atoms with Crippen LogP contribution in [0.2, 0.25) is 0 Å². The predicted molar refractivity (Wildman–Crippen MR) is 69.9 cm³/mol. The van der Waals surface area contributed by atoms with Gasteiger partial charge in [0, 0.05) is 17.3 Å². The van der Waals surface area contributed by atoms with Crippen molar-refractivity contribution in [3.63, 3.8) is 0 Å². The Morgan fingerprint density at radius 1 is 1.60 bits per heavy atom. The van der Waals surface area contributed by atoms with Gasteiger partial charge in [0.2, 0.25) is 0 Å². The van der Waals surface area contributed by atoms with Crippen molar-refractivity contribution in [2.75, 3.05) is 0 Å². The van der Waals surface area contributed by atoms with Gasteiger partial charge in [0.05, 0.1) is 4.21 Å². The van der Waals surface area contributed by atoms with Crippen LogP contribution in [0.15, 0.2) is 15.7 Å². The molecule has 0 bridgehead atoms. The number of fused-ring (bicyclic) bond motifs is 1. The molecule has 1 aliphatic heterocycles. The van der Waals surface area contributed by atoms with Gasteiger partial charge >= 0.3 is 0 Å². The number of nitrogens with one attached hydrogen (secondary N) is 1. The van der Waals surface area contributed by atoms with Gasteiger partial charge in [-0.15, -0.1) is 23.1 Å². The molecule has 1 aromatic heterocycles. The summed E-state index contributed by atoms with van der Waals surface area (Å²) in [4.78, 5) is 0. The summed E-state index contributed by atoms with van der Waals surface area (Å²) in [6.07, 6.45) is 2.47. The van der Waals surface area contributed by atoms with Crippen LogP contribution in [0.1, 0.15) is 45.2 Å². The van der Waals surface area contributed by atoms with Gasteiger partial charge in [0.25, 0.3) is 0 Å². The maximum Gasteiger partial charge on any atom is 0.0649 e. The van der Waals surface area contributed by atoms with Gasteiger partial charge in [-0.1, -0.05) is 13.8 Å². The maximum absolute atomic E-state index is 3.73. The fourth-order valence-corrected chi connectivity index (χ4v) is 4.54. The monoisotopic (exact) mass is 241 g/mol. The zero-order valence-electron chi connectivity index (χ0n) is 9.62. The van der Waals surface area contributed by atoms with E-state index in [0.717, 1.165) is 5.25 Å². The third kappa shape index (κ3) is 2.58. The van der Waals surface area contributed by atoms with Crippen LogP contribution in [0.5, 0.6) is 0 Å². The number of hydrogen-bond donors (Lipinski definition) is 1. The summed E-state index contributed by atoms with van der Waals surface area (Å²) in [5.74, 6) is 0. The van der Waals surface area contributed by atoms with Crippen LogP contribution in [0, 0.1) is 0 Å². The molecule has 0 aliphatic carbocycles. The van der Waals surface area contributed by atoms with Crippen molar-refractivity contribution in [1.29, 1.82) is 0 Å². The molecule has 0 saturated carbocycles. The Balaban J connectivity index is 2.13. The Morgan fingerprint density at radius 2 is 2.40 bits per heavy atom. The van der Waals surface area contributed by atoms with Crippen molar-refractivity contribution in [2.24, 2.45) is 0 Å². The highest BCUT2D eigenvalue weighted by atomic mass is 32.2. The molecule has 0 spiro atoms. The number of thioether (sulfide) groups is 1. The zero-order valence-corrected chi connectivity index (χ0v) is 11.3. The lowest BCUT2D eigenvalue weighted by atomic mass is 10.0. The first-order chi connectivity index (χ1) is 7.20. The third-order valence-electron chi connectivity index (χ3n) is 3.01. The van der Waals surface area contributed by atoms with Crippen LogP contribution < -0.4 is 5.32 Å². The molecule has 0 fully saturated rings. The molecule has 2 unspecified atom stereocenters. The molecule has 0 saturated heterocycles. The summed E-state index contributed by atoms with van der Waals surface area (Å²) < 4.78 is 1.52. The molecule has 0 aromatic carbocycles. The first-order valence-corrected chi connectivity index (χ1v) is 7.46. The predicted octanol–water partition coefficient (Wildman–Crippen LogP) is 4.06. The molecule has 1 aromatic rings. The summed E-state index contributed by atoms with van der Waals surface area (Å²) >= 11 is 3.93. The van der Waals surface area contributed by atoms with Gasteiger partial charge in [-0.05, 0) is 36.8 Å². The van der Waals surface area contributed by atoms with E-state index in [2.05, 4.69) is 37.5 Å². The van der Waals surface area contributed by atoms with Crippen LogP contribution in [0.25, 0.3) is 0 Å². The van der Waals surface area contributed by atoms with Crippen molar-refractivity contribution in [1.82, 2.24) is 5.32 Å². The summed E-state index contributed by atoms with van der Waals surface area (Å²) in [5, 5.41) is 6.71. The minimum absolute atomic E-state index is 0.581. The lowest BCUT2D eigenvalue weighted by Gasteiger charge is -2.29. The fraction of sp³-hybridized carbons (Fsp3) is 0.667. The second kappa shape index (κ2) is 4.89. The molecule has 1 nitrogen and oxygen atoms in total. The van der Waals surface area contributed by atoms with Crippen LogP contribution >= 0.6 is 23.1 Å². The highest BCUT2D eigenvalue weighted by molar-refractivity contribution is 8.01. The fourth-order valence-electron chi connectivity index (χ4n) is 1.97. The molecule has 0 radical (unpaired) electrons. The van der Waals surface area contributed by atoms with Crippen molar-refractivity contribution in [2.45, 2.75) is 55.2 Å². The lowest BCUT2D eigenvalue weighted by molar-refractivity contribution is 0.420. The minimum atomic E-state index is 0.581. The molecule has 1 N–H and O–H groups in total. The van der Waals surface area contributed by atoms with E-state index >= 15 is 0 Å². The van der Waals surface area contributed by atoms with Gasteiger partial charge in [0.15, 0.2) is 0 Å². The van der Waals surface area contributed by atoms with E-state index in [4.69, 9.17) is 0 Å². The molecule has 15 heavy (non-hydrogen) atoms. The van der Waals surface area contributed by atoms with Gasteiger partial charge in [-0.2, -0.15) is 0 Å². The summed E-state index contributed by atoms with van der Waals surface area (Å²) in [6.45, 7) is 6.85. The Labute approximate surface area is 101 Å². The number of rotatable bonds is 3. The normalized spacial score (nSPS) is 27.4.